The van der Waals surface area contributed by atoms with Gasteiger partial charge in [-0.3, -0.25) is 9.20 Å². The summed E-state index contributed by atoms with van der Waals surface area (Å²) in [5, 5.41) is 8.37. The van der Waals surface area contributed by atoms with Gasteiger partial charge >= 0.3 is 12.1 Å². The molecule has 0 aliphatic heterocycles. The van der Waals surface area contributed by atoms with E-state index in [1.807, 2.05) is 0 Å². The Morgan fingerprint density at radius 1 is 1.30 bits per heavy atom. The van der Waals surface area contributed by atoms with Crippen LogP contribution in [0.25, 0.3) is 11.5 Å². The number of hydrogen-bond donors (Lipinski definition) is 1. The number of alkyl halides is 3. The van der Waals surface area contributed by atoms with E-state index in [2.05, 4.69) is 4.98 Å². The maximum absolute atomic E-state index is 14.4. The van der Waals surface area contributed by atoms with Gasteiger partial charge in [0.25, 0.3) is 5.56 Å². The van der Waals surface area contributed by atoms with Gasteiger partial charge in [-0.1, -0.05) is 11.6 Å². The predicted molar refractivity (Wildman–Crippen MR) is 83.9 cm³/mol. The lowest BCUT2D eigenvalue weighted by Gasteiger charge is -2.15. The zero-order valence-electron chi connectivity index (χ0n) is 13.0. The molecule has 0 unspecified atom stereocenters. The van der Waals surface area contributed by atoms with Crippen molar-refractivity contribution < 1.29 is 32.2 Å². The van der Waals surface area contributed by atoms with Crippen LogP contribution in [0.2, 0.25) is 5.02 Å². The second-order valence-corrected chi connectivity index (χ2v) is 5.62. The second-order valence-electron chi connectivity index (χ2n) is 5.21. The number of rotatable bonds is 4. The van der Waals surface area contributed by atoms with Crippen molar-refractivity contribution in [3.8, 4) is 11.4 Å². The molecule has 3 aromatic rings. The number of nitrogens with zero attached hydrogens (tertiary/aromatic N) is 3. The van der Waals surface area contributed by atoms with Gasteiger partial charge in [-0.05, 0) is 6.07 Å². The van der Waals surface area contributed by atoms with Gasteiger partial charge < -0.3 is 9.84 Å². The molecule has 0 aliphatic carbocycles. The predicted octanol–water partition coefficient (Wildman–Crippen LogP) is 2.76. The van der Waals surface area contributed by atoms with Crippen molar-refractivity contribution in [3.63, 3.8) is 0 Å². The first-order valence-electron chi connectivity index (χ1n) is 7.10. The van der Waals surface area contributed by atoms with Crippen molar-refractivity contribution in [1.29, 1.82) is 0 Å². The number of benzene rings is 1. The van der Waals surface area contributed by atoms with E-state index in [0.717, 1.165) is 24.5 Å². The maximum Gasteiger partial charge on any atom is 0.432 e. The number of carbonyl (C=O) groups is 1. The third kappa shape index (κ3) is 3.45. The number of hydrogen-bond acceptors (Lipinski definition) is 4. The molecule has 3 rings (SSSR count). The van der Waals surface area contributed by atoms with Crippen molar-refractivity contribution in [1.82, 2.24) is 14.0 Å². The molecule has 0 spiro atoms. The molecule has 2 heterocycles. The van der Waals surface area contributed by atoms with Gasteiger partial charge in [-0.2, -0.15) is 13.2 Å². The van der Waals surface area contributed by atoms with E-state index in [1.54, 1.807) is 0 Å². The highest BCUT2D eigenvalue weighted by Crippen LogP contribution is 2.32. The average Bonchev–Trinajstić information content (AvgIpc) is 3.02. The number of carboxylic acid groups (broad SMARTS) is 1. The molecule has 1 N–H and O–H groups in total. The molecule has 12 heteroatoms. The van der Waals surface area contributed by atoms with Crippen molar-refractivity contribution >= 4 is 23.3 Å². The van der Waals surface area contributed by atoms with Gasteiger partial charge in [0.05, 0.1) is 10.7 Å². The first-order valence-corrected chi connectivity index (χ1v) is 7.47. The summed E-state index contributed by atoms with van der Waals surface area (Å²) in [4.78, 5) is 26.6. The summed E-state index contributed by atoms with van der Waals surface area (Å²) < 4.78 is 59.8. The first kappa shape index (κ1) is 18.7. The summed E-state index contributed by atoms with van der Waals surface area (Å²) in [6.07, 6.45) is -2.87. The molecule has 1 aromatic carbocycles. The van der Waals surface area contributed by atoms with E-state index in [1.165, 1.54) is 0 Å². The van der Waals surface area contributed by atoms with E-state index < -0.39 is 47.3 Å². The minimum atomic E-state index is -4.84. The molecule has 0 bridgehead atoms. The Labute approximate surface area is 152 Å². The van der Waals surface area contributed by atoms with Crippen LogP contribution in [0, 0.1) is 5.82 Å². The smallest absolute Gasteiger partial charge is 0.432 e. The number of carboxylic acids is 1. The number of imidazole rings is 1. The molecule has 0 radical (unpaired) electrons. The van der Waals surface area contributed by atoms with Crippen molar-refractivity contribution in [2.24, 2.45) is 0 Å². The molecule has 0 amide bonds. The van der Waals surface area contributed by atoms with E-state index in [4.69, 9.17) is 21.4 Å². The summed E-state index contributed by atoms with van der Waals surface area (Å²) in [7, 11) is 0. The van der Waals surface area contributed by atoms with Gasteiger partial charge in [0.2, 0.25) is 5.78 Å². The van der Waals surface area contributed by atoms with Crippen LogP contribution in [0.5, 0.6) is 5.75 Å². The fourth-order valence-electron chi connectivity index (χ4n) is 2.38. The highest BCUT2D eigenvalue weighted by molar-refractivity contribution is 6.32. The Morgan fingerprint density at radius 3 is 2.63 bits per heavy atom. The topological polar surface area (TPSA) is 85.8 Å². The summed E-state index contributed by atoms with van der Waals surface area (Å²) in [5.41, 5.74) is -2.99. The molecule has 0 atom stereocenters. The lowest BCUT2D eigenvalue weighted by atomic mass is 10.2. The minimum Gasteiger partial charge on any atom is -0.480 e. The van der Waals surface area contributed by atoms with Crippen molar-refractivity contribution in [2.75, 3.05) is 6.61 Å². The number of aliphatic carboxylic acids is 1. The third-order valence-electron chi connectivity index (χ3n) is 3.45. The fraction of sp³-hybridized carbons (Fsp3) is 0.133. The van der Waals surface area contributed by atoms with Crippen LogP contribution in [0.15, 0.2) is 35.4 Å². The zero-order chi connectivity index (χ0) is 19.9. The van der Waals surface area contributed by atoms with E-state index >= 15 is 0 Å². The normalized spacial score (nSPS) is 11.7. The quantitative estimate of drug-likeness (QED) is 0.675. The Hall–Kier alpha value is -3.08. The van der Waals surface area contributed by atoms with Crippen LogP contribution in [0.4, 0.5) is 17.6 Å². The monoisotopic (exact) mass is 405 g/mol. The van der Waals surface area contributed by atoms with Crippen LogP contribution >= 0.6 is 11.6 Å². The highest BCUT2D eigenvalue weighted by atomic mass is 35.5. The molecular weight excluding hydrogens is 398 g/mol. The molecule has 27 heavy (non-hydrogen) atoms. The van der Waals surface area contributed by atoms with Gasteiger partial charge in [-0.15, -0.1) is 0 Å². The lowest BCUT2D eigenvalue weighted by molar-refractivity contribution is -0.142. The summed E-state index contributed by atoms with van der Waals surface area (Å²) in [6, 6.07) is 1.95. The van der Waals surface area contributed by atoms with Crippen LogP contribution < -0.4 is 10.3 Å². The van der Waals surface area contributed by atoms with E-state index in [0.29, 0.717) is 15.0 Å². The lowest BCUT2D eigenvalue weighted by Crippen LogP contribution is -2.26. The Bertz CT molecular complexity index is 1110. The molecule has 7 nitrogen and oxygen atoms in total. The minimum absolute atomic E-state index is 0.271. The summed E-state index contributed by atoms with van der Waals surface area (Å²) >= 11 is 5.78. The largest absolute Gasteiger partial charge is 0.480 e. The zero-order valence-corrected chi connectivity index (χ0v) is 13.8. The molecular formula is C15H8ClF4N3O4. The Morgan fingerprint density at radius 2 is 2.00 bits per heavy atom. The van der Waals surface area contributed by atoms with Crippen LogP contribution in [0.1, 0.15) is 5.69 Å². The van der Waals surface area contributed by atoms with Crippen molar-refractivity contribution in [2.45, 2.75) is 6.18 Å². The molecule has 0 saturated carbocycles. The molecule has 0 fully saturated rings. The third-order valence-corrected chi connectivity index (χ3v) is 3.74. The second kappa shape index (κ2) is 6.58. The number of aromatic nitrogens is 3. The van der Waals surface area contributed by atoms with Crippen LogP contribution in [-0.4, -0.2) is 31.6 Å². The molecule has 0 saturated heterocycles. The van der Waals surface area contributed by atoms with Crippen molar-refractivity contribution in [3.05, 3.63) is 57.5 Å². The van der Waals surface area contributed by atoms with Gasteiger partial charge in [-0.25, -0.2) is 18.7 Å². The number of ether oxygens (including phenoxy) is 1. The maximum atomic E-state index is 14.4. The number of fused-ring (bicyclic) bond motifs is 1. The summed E-state index contributed by atoms with van der Waals surface area (Å²) in [5.74, 6) is -3.15. The molecule has 2 aromatic heterocycles. The van der Waals surface area contributed by atoms with Crippen LogP contribution in [-0.2, 0) is 11.0 Å². The number of halogens is 5. The van der Waals surface area contributed by atoms with Gasteiger partial charge in [0.1, 0.15) is 17.3 Å². The van der Waals surface area contributed by atoms with E-state index in [-0.39, 0.29) is 10.8 Å². The molecule has 0 aliphatic rings. The Kier molecular flexibility index (Phi) is 4.56. The highest BCUT2D eigenvalue weighted by Gasteiger charge is 2.35. The van der Waals surface area contributed by atoms with Gasteiger partial charge in [0.15, 0.2) is 6.61 Å². The summed E-state index contributed by atoms with van der Waals surface area (Å²) in [6.45, 7) is -0.800. The SMILES string of the molecule is O=C(O)COc1cc(-n2c(=O)cc(C(F)(F)F)n3ccnc23)c(F)cc1Cl. The van der Waals surface area contributed by atoms with Crippen LogP contribution in [0.3, 0.4) is 0 Å². The standard InChI is InChI=1S/C15H8ClF4N3O4/c16-7-3-8(17)9(4-10(7)27-6-13(25)26)23-12(24)5-11(15(18,19)20)22-2-1-21-14(22)23/h1-5H,6H2,(H,25,26). The van der Waals surface area contributed by atoms with Gasteiger partial charge in [0, 0.05) is 24.5 Å². The van der Waals surface area contributed by atoms with E-state index in [9.17, 15) is 27.2 Å². The fourth-order valence-corrected chi connectivity index (χ4v) is 2.59. The average molecular weight is 406 g/mol. The first-order chi connectivity index (χ1) is 12.6. The Balaban J connectivity index is 2.26. The molecule has 142 valence electrons.